The fourth-order valence-electron chi connectivity index (χ4n) is 1.99. The molecule has 3 aromatic rings. The van der Waals surface area contributed by atoms with Crippen LogP contribution in [0.1, 0.15) is 21.9 Å². The zero-order chi connectivity index (χ0) is 15.5. The zero-order valence-electron chi connectivity index (χ0n) is 11.9. The Kier molecular flexibility index (Phi) is 3.71. The van der Waals surface area contributed by atoms with Gasteiger partial charge in [-0.25, -0.2) is 4.98 Å². The van der Waals surface area contributed by atoms with E-state index in [9.17, 15) is 4.79 Å². The standard InChI is InChI=1S/C15H14N4O3/c1-9-13(10-5-3-2-4-6-10)19-22-15(9)18-14(20)11-8-21-12(7-16)17-11/h2-6,8H,7,16H2,1H3,(H,18,20). The molecule has 0 saturated carbocycles. The van der Waals surface area contributed by atoms with Gasteiger partial charge in [-0.05, 0) is 6.92 Å². The molecule has 1 aromatic carbocycles. The third-order valence-electron chi connectivity index (χ3n) is 3.16. The van der Waals surface area contributed by atoms with Gasteiger partial charge in [-0.2, -0.15) is 0 Å². The van der Waals surface area contributed by atoms with E-state index in [1.165, 1.54) is 6.26 Å². The van der Waals surface area contributed by atoms with Crippen LogP contribution in [0.5, 0.6) is 0 Å². The van der Waals surface area contributed by atoms with Gasteiger partial charge < -0.3 is 14.7 Å². The highest BCUT2D eigenvalue weighted by molar-refractivity contribution is 6.02. The van der Waals surface area contributed by atoms with Crippen molar-refractivity contribution < 1.29 is 13.7 Å². The Morgan fingerprint density at radius 2 is 2.09 bits per heavy atom. The quantitative estimate of drug-likeness (QED) is 0.765. The topological polar surface area (TPSA) is 107 Å². The van der Waals surface area contributed by atoms with Gasteiger partial charge in [0.05, 0.1) is 6.54 Å². The van der Waals surface area contributed by atoms with Crippen LogP contribution < -0.4 is 11.1 Å². The first kappa shape index (κ1) is 14.0. The molecule has 2 heterocycles. The van der Waals surface area contributed by atoms with E-state index in [0.29, 0.717) is 11.6 Å². The summed E-state index contributed by atoms with van der Waals surface area (Å²) in [5.74, 6) is 0.132. The third-order valence-corrected chi connectivity index (χ3v) is 3.16. The van der Waals surface area contributed by atoms with Crippen molar-refractivity contribution in [3.63, 3.8) is 0 Å². The summed E-state index contributed by atoms with van der Waals surface area (Å²) in [4.78, 5) is 16.0. The number of hydrogen-bond acceptors (Lipinski definition) is 6. The first-order valence-electron chi connectivity index (χ1n) is 6.66. The highest BCUT2D eigenvalue weighted by atomic mass is 16.5. The minimum absolute atomic E-state index is 0.132. The number of benzene rings is 1. The van der Waals surface area contributed by atoms with Crippen molar-refractivity contribution in [2.45, 2.75) is 13.5 Å². The Hall–Kier alpha value is -2.93. The molecule has 0 radical (unpaired) electrons. The summed E-state index contributed by atoms with van der Waals surface area (Å²) in [7, 11) is 0. The summed E-state index contributed by atoms with van der Waals surface area (Å²) < 4.78 is 10.2. The molecule has 1 amide bonds. The SMILES string of the molecule is Cc1c(-c2ccccc2)noc1NC(=O)c1coc(CN)n1. The van der Waals surface area contributed by atoms with Gasteiger partial charge >= 0.3 is 0 Å². The molecule has 0 aliphatic carbocycles. The molecular formula is C15H14N4O3. The maximum Gasteiger partial charge on any atom is 0.280 e. The molecule has 2 aromatic heterocycles. The van der Waals surface area contributed by atoms with Crippen LogP contribution in [0.2, 0.25) is 0 Å². The summed E-state index contributed by atoms with van der Waals surface area (Å²) in [6, 6.07) is 9.57. The van der Waals surface area contributed by atoms with Crippen molar-refractivity contribution in [3.05, 3.63) is 53.7 Å². The summed E-state index contributed by atoms with van der Waals surface area (Å²) in [5, 5.41) is 6.62. The molecule has 3 rings (SSSR count). The number of rotatable bonds is 4. The highest BCUT2D eigenvalue weighted by Crippen LogP contribution is 2.27. The monoisotopic (exact) mass is 298 g/mol. The number of anilines is 1. The predicted molar refractivity (Wildman–Crippen MR) is 79.0 cm³/mol. The van der Waals surface area contributed by atoms with Crippen LogP contribution >= 0.6 is 0 Å². The van der Waals surface area contributed by atoms with Gasteiger partial charge in [-0.1, -0.05) is 35.5 Å². The Labute approximate surface area is 126 Å². The third kappa shape index (κ3) is 2.61. The minimum atomic E-state index is -0.442. The Morgan fingerprint density at radius 3 is 2.77 bits per heavy atom. The van der Waals surface area contributed by atoms with Crippen LogP contribution in [-0.4, -0.2) is 16.0 Å². The van der Waals surface area contributed by atoms with Gasteiger partial charge in [0, 0.05) is 11.1 Å². The number of nitrogens with two attached hydrogens (primary N) is 1. The summed E-state index contributed by atoms with van der Waals surface area (Å²) >= 11 is 0. The number of amides is 1. The Morgan fingerprint density at radius 1 is 1.32 bits per heavy atom. The van der Waals surface area contributed by atoms with E-state index in [4.69, 9.17) is 14.7 Å². The maximum absolute atomic E-state index is 12.1. The Bertz CT molecular complexity index is 792. The molecule has 0 spiro atoms. The van der Waals surface area contributed by atoms with Crippen molar-refractivity contribution in [1.82, 2.24) is 10.1 Å². The fourth-order valence-corrected chi connectivity index (χ4v) is 1.99. The molecule has 7 nitrogen and oxygen atoms in total. The van der Waals surface area contributed by atoms with E-state index in [1.807, 2.05) is 37.3 Å². The van der Waals surface area contributed by atoms with E-state index < -0.39 is 5.91 Å². The van der Waals surface area contributed by atoms with E-state index in [-0.39, 0.29) is 18.1 Å². The van der Waals surface area contributed by atoms with E-state index >= 15 is 0 Å². The van der Waals surface area contributed by atoms with E-state index in [2.05, 4.69) is 15.5 Å². The van der Waals surface area contributed by atoms with Gasteiger partial charge in [-0.15, -0.1) is 0 Å². The fraction of sp³-hybridized carbons (Fsp3) is 0.133. The van der Waals surface area contributed by atoms with E-state index in [0.717, 1.165) is 11.1 Å². The lowest BCUT2D eigenvalue weighted by Crippen LogP contribution is -2.13. The molecule has 0 aliphatic heterocycles. The molecule has 112 valence electrons. The smallest absolute Gasteiger partial charge is 0.280 e. The van der Waals surface area contributed by atoms with Crippen LogP contribution in [0.4, 0.5) is 5.88 Å². The molecule has 0 bridgehead atoms. The first-order valence-corrected chi connectivity index (χ1v) is 6.66. The van der Waals surface area contributed by atoms with Gasteiger partial charge in [0.25, 0.3) is 5.91 Å². The largest absolute Gasteiger partial charge is 0.447 e. The van der Waals surface area contributed by atoms with Gasteiger partial charge in [0.1, 0.15) is 12.0 Å². The molecule has 0 saturated heterocycles. The molecule has 0 aliphatic rings. The molecule has 0 atom stereocenters. The number of hydrogen-bond donors (Lipinski definition) is 2. The first-order chi connectivity index (χ1) is 10.7. The van der Waals surface area contributed by atoms with Crippen molar-refractivity contribution in [2.24, 2.45) is 5.73 Å². The number of oxazole rings is 1. The molecular weight excluding hydrogens is 284 g/mol. The number of nitrogens with zero attached hydrogens (tertiary/aromatic N) is 2. The number of carbonyl (C=O) groups excluding carboxylic acids is 1. The second kappa shape index (κ2) is 5.82. The van der Waals surface area contributed by atoms with Crippen LogP contribution in [0, 0.1) is 6.92 Å². The normalized spacial score (nSPS) is 10.6. The number of carbonyl (C=O) groups is 1. The Balaban J connectivity index is 1.82. The van der Waals surface area contributed by atoms with Crippen molar-refractivity contribution >= 4 is 11.8 Å². The summed E-state index contributed by atoms with van der Waals surface area (Å²) in [6.07, 6.45) is 1.25. The lowest BCUT2D eigenvalue weighted by molar-refractivity contribution is 0.101. The molecule has 22 heavy (non-hydrogen) atoms. The van der Waals surface area contributed by atoms with Gasteiger partial charge in [-0.3, -0.25) is 10.1 Å². The van der Waals surface area contributed by atoms with Gasteiger partial charge in [0.15, 0.2) is 5.69 Å². The van der Waals surface area contributed by atoms with Crippen LogP contribution in [0.3, 0.4) is 0 Å². The van der Waals surface area contributed by atoms with E-state index in [1.54, 1.807) is 0 Å². The summed E-state index contributed by atoms with van der Waals surface area (Å²) in [6.45, 7) is 1.95. The average molecular weight is 298 g/mol. The lowest BCUT2D eigenvalue weighted by Gasteiger charge is -1.99. The van der Waals surface area contributed by atoms with Crippen LogP contribution in [-0.2, 0) is 6.54 Å². The zero-order valence-corrected chi connectivity index (χ0v) is 11.9. The molecule has 0 fully saturated rings. The van der Waals surface area contributed by atoms with Crippen LogP contribution in [0.25, 0.3) is 11.3 Å². The number of aromatic nitrogens is 2. The second-order valence-electron chi connectivity index (χ2n) is 4.64. The maximum atomic E-state index is 12.1. The van der Waals surface area contributed by atoms with Crippen molar-refractivity contribution in [2.75, 3.05) is 5.32 Å². The minimum Gasteiger partial charge on any atom is -0.447 e. The lowest BCUT2D eigenvalue weighted by atomic mass is 10.1. The summed E-state index contributed by atoms with van der Waals surface area (Å²) in [5.41, 5.74) is 7.86. The molecule has 0 unspecified atom stereocenters. The number of nitrogens with one attached hydrogen (secondary N) is 1. The van der Waals surface area contributed by atoms with Crippen LogP contribution in [0.15, 0.2) is 45.5 Å². The van der Waals surface area contributed by atoms with Crippen molar-refractivity contribution in [3.8, 4) is 11.3 Å². The predicted octanol–water partition coefficient (Wildman–Crippen LogP) is 2.35. The van der Waals surface area contributed by atoms with Gasteiger partial charge in [0.2, 0.25) is 11.8 Å². The highest BCUT2D eigenvalue weighted by Gasteiger charge is 2.18. The second-order valence-corrected chi connectivity index (χ2v) is 4.64. The average Bonchev–Trinajstić information content (AvgIpc) is 3.16. The van der Waals surface area contributed by atoms with Crippen molar-refractivity contribution in [1.29, 1.82) is 0 Å². The molecule has 7 heteroatoms. The molecule has 3 N–H and O–H groups in total.